The molecule has 0 atom stereocenters. The molecule has 1 saturated heterocycles. The highest BCUT2D eigenvalue weighted by Crippen LogP contribution is 2.14. The van der Waals surface area contributed by atoms with Gasteiger partial charge >= 0.3 is 12.2 Å². The Labute approximate surface area is 157 Å². The standard InChI is InChI=1S/C16H29F3N4O4/c1-26-12-5-20-14(24)3-4-21-15(25)23-9-7-22(8-10-23)6-2-11-27-13-16(17,18)19/h2-13H2,1H3,(H,20,24)(H,21,25). The molecule has 0 radical (unpaired) electrons. The van der Waals surface area contributed by atoms with Crippen molar-refractivity contribution >= 4 is 11.9 Å². The number of alkyl halides is 3. The number of amides is 3. The number of hydrogen-bond acceptors (Lipinski definition) is 5. The van der Waals surface area contributed by atoms with E-state index in [-0.39, 0.29) is 31.5 Å². The van der Waals surface area contributed by atoms with Crippen LogP contribution in [0.5, 0.6) is 0 Å². The third kappa shape index (κ3) is 11.7. The van der Waals surface area contributed by atoms with Gasteiger partial charge in [0.2, 0.25) is 5.91 Å². The van der Waals surface area contributed by atoms with E-state index in [0.717, 1.165) is 0 Å². The first kappa shape index (κ1) is 23.4. The molecule has 0 aromatic heterocycles. The zero-order valence-electron chi connectivity index (χ0n) is 15.6. The van der Waals surface area contributed by atoms with Gasteiger partial charge in [0.1, 0.15) is 6.61 Å². The van der Waals surface area contributed by atoms with Crippen LogP contribution in [0.15, 0.2) is 0 Å². The lowest BCUT2D eigenvalue weighted by Gasteiger charge is -2.34. The molecule has 1 rings (SSSR count). The maximum Gasteiger partial charge on any atom is 0.411 e. The van der Waals surface area contributed by atoms with Crippen LogP contribution in [0, 0.1) is 0 Å². The Bertz CT molecular complexity index is 444. The van der Waals surface area contributed by atoms with E-state index in [4.69, 9.17) is 4.74 Å². The Balaban J connectivity index is 2.06. The van der Waals surface area contributed by atoms with Crippen LogP contribution < -0.4 is 10.6 Å². The average Bonchev–Trinajstić information content (AvgIpc) is 2.61. The SMILES string of the molecule is COCCNC(=O)CCNC(=O)N1CCN(CCCOCC(F)(F)F)CC1. The second kappa shape index (κ2) is 12.7. The third-order valence-electron chi connectivity index (χ3n) is 3.94. The number of ether oxygens (including phenoxy) is 2. The fraction of sp³-hybridized carbons (Fsp3) is 0.875. The number of carbonyl (C=O) groups excluding carboxylic acids is 2. The fourth-order valence-corrected chi connectivity index (χ4v) is 2.53. The molecule has 0 aromatic rings. The summed E-state index contributed by atoms with van der Waals surface area (Å²) in [7, 11) is 1.55. The van der Waals surface area contributed by atoms with Crippen LogP contribution in [0.25, 0.3) is 0 Å². The molecule has 27 heavy (non-hydrogen) atoms. The summed E-state index contributed by atoms with van der Waals surface area (Å²) in [5, 5.41) is 5.38. The summed E-state index contributed by atoms with van der Waals surface area (Å²) in [4.78, 5) is 27.3. The van der Waals surface area contributed by atoms with Gasteiger partial charge in [-0.05, 0) is 6.42 Å². The number of urea groups is 1. The molecule has 1 fully saturated rings. The van der Waals surface area contributed by atoms with Gasteiger partial charge in [-0.1, -0.05) is 0 Å². The van der Waals surface area contributed by atoms with Crippen molar-refractivity contribution in [3.63, 3.8) is 0 Å². The number of rotatable bonds is 11. The van der Waals surface area contributed by atoms with Gasteiger partial charge < -0.3 is 25.0 Å². The normalized spacial score (nSPS) is 15.6. The molecule has 0 saturated carbocycles. The Hall–Kier alpha value is -1.59. The number of methoxy groups -OCH3 is 1. The van der Waals surface area contributed by atoms with Crippen LogP contribution in [0.3, 0.4) is 0 Å². The number of nitrogens with zero attached hydrogens (tertiary/aromatic N) is 2. The van der Waals surface area contributed by atoms with E-state index in [2.05, 4.69) is 20.3 Å². The summed E-state index contributed by atoms with van der Waals surface area (Å²) < 4.78 is 45.3. The van der Waals surface area contributed by atoms with Crippen molar-refractivity contribution in [1.82, 2.24) is 20.4 Å². The van der Waals surface area contributed by atoms with Crippen molar-refractivity contribution < 1.29 is 32.2 Å². The molecule has 1 aliphatic rings. The fourth-order valence-electron chi connectivity index (χ4n) is 2.53. The van der Waals surface area contributed by atoms with Crippen LogP contribution in [0.4, 0.5) is 18.0 Å². The van der Waals surface area contributed by atoms with Gasteiger partial charge in [-0.25, -0.2) is 4.79 Å². The third-order valence-corrected chi connectivity index (χ3v) is 3.94. The van der Waals surface area contributed by atoms with Gasteiger partial charge in [-0.3, -0.25) is 9.69 Å². The lowest BCUT2D eigenvalue weighted by Crippen LogP contribution is -2.52. The Morgan fingerprint density at radius 3 is 2.37 bits per heavy atom. The highest BCUT2D eigenvalue weighted by atomic mass is 19.4. The van der Waals surface area contributed by atoms with Crippen molar-refractivity contribution in [3.8, 4) is 0 Å². The van der Waals surface area contributed by atoms with Crippen LogP contribution in [-0.2, 0) is 14.3 Å². The molecular weight excluding hydrogens is 369 g/mol. The summed E-state index contributed by atoms with van der Waals surface area (Å²) in [5.41, 5.74) is 0. The van der Waals surface area contributed by atoms with Gasteiger partial charge in [0, 0.05) is 66.0 Å². The zero-order chi connectivity index (χ0) is 20.1. The Kier molecular flexibility index (Phi) is 11.1. The average molecular weight is 398 g/mol. The van der Waals surface area contributed by atoms with E-state index in [9.17, 15) is 22.8 Å². The second-order valence-corrected chi connectivity index (χ2v) is 6.17. The van der Waals surface area contributed by atoms with Crippen molar-refractivity contribution in [3.05, 3.63) is 0 Å². The van der Waals surface area contributed by atoms with Gasteiger partial charge in [-0.2, -0.15) is 13.2 Å². The first-order chi connectivity index (χ1) is 12.8. The minimum atomic E-state index is -4.29. The van der Waals surface area contributed by atoms with E-state index in [1.807, 2.05) is 0 Å². The highest BCUT2D eigenvalue weighted by Gasteiger charge is 2.27. The summed E-state index contributed by atoms with van der Waals surface area (Å²) in [5.74, 6) is -0.148. The zero-order valence-corrected chi connectivity index (χ0v) is 15.6. The van der Waals surface area contributed by atoms with Gasteiger partial charge in [0.05, 0.1) is 6.61 Å². The lowest BCUT2D eigenvalue weighted by molar-refractivity contribution is -0.174. The minimum Gasteiger partial charge on any atom is -0.383 e. The van der Waals surface area contributed by atoms with Crippen molar-refractivity contribution in [2.75, 3.05) is 72.7 Å². The molecule has 1 heterocycles. The quantitative estimate of drug-likeness (QED) is 0.494. The lowest BCUT2D eigenvalue weighted by atomic mass is 10.3. The van der Waals surface area contributed by atoms with Crippen LogP contribution in [0.2, 0.25) is 0 Å². The number of hydrogen-bond donors (Lipinski definition) is 2. The van der Waals surface area contributed by atoms with Crippen molar-refractivity contribution in [2.45, 2.75) is 19.0 Å². The van der Waals surface area contributed by atoms with E-state index in [1.165, 1.54) is 0 Å². The smallest absolute Gasteiger partial charge is 0.383 e. The number of halogens is 3. The molecule has 158 valence electrons. The molecule has 0 aromatic carbocycles. The minimum absolute atomic E-state index is 0.0622. The molecule has 0 spiro atoms. The van der Waals surface area contributed by atoms with E-state index in [1.54, 1.807) is 12.0 Å². The molecule has 11 heteroatoms. The molecule has 8 nitrogen and oxygen atoms in total. The summed E-state index contributed by atoms with van der Waals surface area (Å²) >= 11 is 0. The van der Waals surface area contributed by atoms with E-state index < -0.39 is 12.8 Å². The Morgan fingerprint density at radius 2 is 1.74 bits per heavy atom. The summed E-state index contributed by atoms with van der Waals surface area (Å²) in [6.45, 7) is 3.00. The van der Waals surface area contributed by atoms with Crippen LogP contribution in [0.1, 0.15) is 12.8 Å². The molecule has 0 unspecified atom stereocenters. The topological polar surface area (TPSA) is 83.1 Å². The first-order valence-corrected chi connectivity index (χ1v) is 8.97. The Morgan fingerprint density at radius 1 is 1.04 bits per heavy atom. The molecule has 0 aliphatic carbocycles. The van der Waals surface area contributed by atoms with Crippen LogP contribution >= 0.6 is 0 Å². The number of nitrogens with one attached hydrogen (secondary N) is 2. The monoisotopic (exact) mass is 398 g/mol. The summed E-state index contributed by atoms with van der Waals surface area (Å²) in [6, 6.07) is -0.215. The predicted octanol–water partition coefficient (Wildman–Crippen LogP) is 0.435. The number of piperazine rings is 1. The molecule has 0 bridgehead atoms. The van der Waals surface area contributed by atoms with Crippen molar-refractivity contribution in [2.24, 2.45) is 0 Å². The molecule has 1 aliphatic heterocycles. The second-order valence-electron chi connectivity index (χ2n) is 6.17. The van der Waals surface area contributed by atoms with Gasteiger partial charge in [0.15, 0.2) is 0 Å². The highest BCUT2D eigenvalue weighted by molar-refractivity contribution is 5.78. The molecule has 3 amide bonds. The maximum absolute atomic E-state index is 12.1. The molecular formula is C16H29F3N4O4. The molecule has 2 N–H and O–H groups in total. The first-order valence-electron chi connectivity index (χ1n) is 8.97. The number of carbonyl (C=O) groups is 2. The largest absolute Gasteiger partial charge is 0.411 e. The van der Waals surface area contributed by atoms with Gasteiger partial charge in [-0.15, -0.1) is 0 Å². The maximum atomic E-state index is 12.1. The van der Waals surface area contributed by atoms with Gasteiger partial charge in [0.25, 0.3) is 0 Å². The van der Waals surface area contributed by atoms with E-state index >= 15 is 0 Å². The van der Waals surface area contributed by atoms with Crippen molar-refractivity contribution in [1.29, 1.82) is 0 Å². The van der Waals surface area contributed by atoms with Crippen LogP contribution in [-0.4, -0.2) is 101 Å². The predicted molar refractivity (Wildman–Crippen MR) is 92.4 cm³/mol. The van der Waals surface area contributed by atoms with E-state index in [0.29, 0.717) is 52.3 Å². The summed E-state index contributed by atoms with van der Waals surface area (Å²) in [6.07, 6.45) is -3.57.